The number of esters is 1. The van der Waals surface area contributed by atoms with Crippen LogP contribution in [-0.4, -0.2) is 54.2 Å². The summed E-state index contributed by atoms with van der Waals surface area (Å²) in [7, 11) is 2.53. The molecule has 7 nitrogen and oxygen atoms in total. The second kappa shape index (κ2) is 5.94. The van der Waals surface area contributed by atoms with E-state index in [9.17, 15) is 14.4 Å². The molecule has 0 aromatic rings. The topological polar surface area (TPSA) is 95.9 Å². The van der Waals surface area contributed by atoms with Crippen LogP contribution < -0.4 is 5.32 Å². The summed E-state index contributed by atoms with van der Waals surface area (Å²) in [5.41, 5.74) is 0. The Hall–Kier alpha value is -1.79. The van der Waals surface area contributed by atoms with Crippen molar-refractivity contribution in [2.75, 3.05) is 14.2 Å². The lowest BCUT2D eigenvalue weighted by Gasteiger charge is -2.23. The van der Waals surface area contributed by atoms with Crippen molar-refractivity contribution in [3.63, 3.8) is 0 Å². The minimum absolute atomic E-state index is 0.593. The van der Waals surface area contributed by atoms with Gasteiger partial charge < -0.3 is 20.1 Å². The third-order valence-corrected chi connectivity index (χ3v) is 2.15. The molecule has 0 saturated carbocycles. The van der Waals surface area contributed by atoms with Crippen LogP contribution in [0.15, 0.2) is 0 Å². The van der Waals surface area contributed by atoms with Gasteiger partial charge in [0.1, 0.15) is 12.1 Å². The fourth-order valence-corrected chi connectivity index (χ4v) is 0.864. The highest BCUT2D eigenvalue weighted by Crippen LogP contribution is 1.97. The van der Waals surface area contributed by atoms with Crippen molar-refractivity contribution < 1.29 is 24.2 Å². The van der Waals surface area contributed by atoms with Crippen molar-refractivity contribution in [2.45, 2.75) is 25.9 Å². The number of carbonyl (C=O) groups is 3. The van der Waals surface area contributed by atoms with Crippen LogP contribution in [0.25, 0.3) is 0 Å². The molecule has 0 aliphatic rings. The molecular weight excluding hydrogens is 216 g/mol. The Bertz CT molecular complexity index is 292. The maximum absolute atomic E-state index is 11.5. The highest BCUT2D eigenvalue weighted by molar-refractivity contribution is 5.86. The highest BCUT2D eigenvalue weighted by atomic mass is 16.5. The number of nitrogens with zero attached hydrogens (tertiary/aromatic N) is 1. The summed E-state index contributed by atoms with van der Waals surface area (Å²) in [6, 6.07) is -2.43. The van der Waals surface area contributed by atoms with E-state index < -0.39 is 30.1 Å². The SMILES string of the molecule is COC(=O)C(C)NC(=O)N(C)C(C)C(=O)O. The molecule has 92 valence electrons. The third kappa shape index (κ3) is 3.76. The van der Waals surface area contributed by atoms with Crippen molar-refractivity contribution in [1.29, 1.82) is 0 Å². The Labute approximate surface area is 93.4 Å². The number of urea groups is 1. The number of hydrogen-bond acceptors (Lipinski definition) is 4. The van der Waals surface area contributed by atoms with E-state index in [1.54, 1.807) is 0 Å². The van der Waals surface area contributed by atoms with E-state index in [-0.39, 0.29) is 0 Å². The van der Waals surface area contributed by atoms with Crippen LogP contribution in [0.2, 0.25) is 0 Å². The molecule has 0 heterocycles. The number of rotatable bonds is 4. The molecule has 0 aliphatic heterocycles. The first-order valence-corrected chi connectivity index (χ1v) is 4.65. The summed E-state index contributed by atoms with van der Waals surface area (Å²) < 4.78 is 4.41. The molecule has 0 radical (unpaired) electrons. The number of carboxylic acid groups (broad SMARTS) is 1. The smallest absolute Gasteiger partial charge is 0.328 e. The molecule has 2 N–H and O–H groups in total. The van der Waals surface area contributed by atoms with Crippen LogP contribution in [0.1, 0.15) is 13.8 Å². The van der Waals surface area contributed by atoms with Gasteiger partial charge in [0.05, 0.1) is 7.11 Å². The lowest BCUT2D eigenvalue weighted by molar-refractivity contribution is -0.142. The van der Waals surface area contributed by atoms with Crippen molar-refractivity contribution in [1.82, 2.24) is 10.2 Å². The summed E-state index contributed by atoms with van der Waals surface area (Å²) in [5, 5.41) is 11.0. The number of carbonyl (C=O) groups excluding carboxylic acids is 2. The zero-order chi connectivity index (χ0) is 12.9. The van der Waals surface area contributed by atoms with E-state index in [1.165, 1.54) is 28.0 Å². The van der Waals surface area contributed by atoms with Crippen LogP contribution in [0.3, 0.4) is 0 Å². The first-order chi connectivity index (χ1) is 7.31. The summed E-state index contributed by atoms with van der Waals surface area (Å²) >= 11 is 0. The van der Waals surface area contributed by atoms with Gasteiger partial charge in [-0.25, -0.2) is 14.4 Å². The number of likely N-dealkylation sites (N-methyl/N-ethyl adjacent to an activating group) is 1. The fourth-order valence-electron chi connectivity index (χ4n) is 0.864. The van der Waals surface area contributed by atoms with Crippen LogP contribution in [0, 0.1) is 0 Å². The highest BCUT2D eigenvalue weighted by Gasteiger charge is 2.24. The van der Waals surface area contributed by atoms with Gasteiger partial charge in [0, 0.05) is 7.05 Å². The van der Waals surface area contributed by atoms with Crippen molar-refractivity contribution in [3.05, 3.63) is 0 Å². The second-order valence-corrected chi connectivity index (χ2v) is 3.32. The first kappa shape index (κ1) is 14.2. The van der Waals surface area contributed by atoms with E-state index >= 15 is 0 Å². The third-order valence-electron chi connectivity index (χ3n) is 2.15. The van der Waals surface area contributed by atoms with Gasteiger partial charge >= 0.3 is 18.0 Å². The largest absolute Gasteiger partial charge is 0.480 e. The first-order valence-electron chi connectivity index (χ1n) is 4.65. The van der Waals surface area contributed by atoms with Gasteiger partial charge in [-0.05, 0) is 13.8 Å². The molecular formula is C9H16N2O5. The summed E-state index contributed by atoms with van der Waals surface area (Å²) in [6.07, 6.45) is 0. The maximum Gasteiger partial charge on any atom is 0.328 e. The number of aliphatic carboxylic acids is 1. The molecule has 2 atom stereocenters. The Kier molecular flexibility index (Phi) is 5.27. The molecule has 0 bridgehead atoms. The Morgan fingerprint density at radius 2 is 1.81 bits per heavy atom. The molecule has 0 aromatic heterocycles. The summed E-state index contributed by atoms with van der Waals surface area (Å²) in [6.45, 7) is 2.81. The minimum atomic E-state index is -1.12. The molecule has 2 unspecified atom stereocenters. The zero-order valence-electron chi connectivity index (χ0n) is 9.68. The lowest BCUT2D eigenvalue weighted by Crippen LogP contribution is -2.50. The van der Waals surface area contributed by atoms with Crippen molar-refractivity contribution in [2.24, 2.45) is 0 Å². The monoisotopic (exact) mass is 232 g/mol. The van der Waals surface area contributed by atoms with Gasteiger partial charge in [-0.1, -0.05) is 0 Å². The number of methoxy groups -OCH3 is 1. The molecule has 7 heteroatoms. The quantitative estimate of drug-likeness (QED) is 0.646. The molecule has 16 heavy (non-hydrogen) atoms. The van der Waals surface area contributed by atoms with Gasteiger partial charge in [-0.3, -0.25) is 0 Å². The summed E-state index contributed by atoms with van der Waals surface area (Å²) in [4.78, 5) is 34.1. The van der Waals surface area contributed by atoms with Crippen LogP contribution in [0.4, 0.5) is 4.79 Å². The normalized spacial score (nSPS) is 13.5. The van der Waals surface area contributed by atoms with Gasteiger partial charge in [-0.2, -0.15) is 0 Å². The van der Waals surface area contributed by atoms with Gasteiger partial charge in [-0.15, -0.1) is 0 Å². The lowest BCUT2D eigenvalue weighted by atomic mass is 10.3. The number of nitrogens with one attached hydrogen (secondary N) is 1. The molecule has 0 fully saturated rings. The Morgan fingerprint density at radius 3 is 2.19 bits per heavy atom. The number of amides is 2. The molecule has 0 aromatic carbocycles. The zero-order valence-corrected chi connectivity index (χ0v) is 9.68. The summed E-state index contributed by atoms with van der Waals surface area (Å²) in [5.74, 6) is -1.71. The maximum atomic E-state index is 11.5. The second-order valence-electron chi connectivity index (χ2n) is 3.32. The van der Waals surface area contributed by atoms with E-state index in [2.05, 4.69) is 10.1 Å². The Balaban J connectivity index is 4.36. The van der Waals surface area contributed by atoms with E-state index in [0.29, 0.717) is 0 Å². The number of carboxylic acids is 1. The van der Waals surface area contributed by atoms with Crippen molar-refractivity contribution >= 4 is 18.0 Å². The van der Waals surface area contributed by atoms with Gasteiger partial charge in [0.15, 0.2) is 0 Å². The van der Waals surface area contributed by atoms with Gasteiger partial charge in [0.2, 0.25) is 0 Å². The molecule has 0 saturated heterocycles. The predicted octanol–water partition coefficient (Wildman–Crippen LogP) is -0.338. The number of ether oxygens (including phenoxy) is 1. The van der Waals surface area contributed by atoms with Crippen LogP contribution in [0.5, 0.6) is 0 Å². The van der Waals surface area contributed by atoms with Crippen molar-refractivity contribution in [3.8, 4) is 0 Å². The minimum Gasteiger partial charge on any atom is -0.480 e. The van der Waals surface area contributed by atoms with E-state index in [0.717, 1.165) is 4.90 Å². The van der Waals surface area contributed by atoms with E-state index in [1.807, 2.05) is 0 Å². The predicted molar refractivity (Wildman–Crippen MR) is 54.9 cm³/mol. The molecule has 0 aliphatic carbocycles. The molecule has 2 amide bonds. The van der Waals surface area contributed by atoms with Crippen LogP contribution >= 0.6 is 0 Å². The average molecular weight is 232 g/mol. The van der Waals surface area contributed by atoms with E-state index in [4.69, 9.17) is 5.11 Å². The van der Waals surface area contributed by atoms with Crippen LogP contribution in [-0.2, 0) is 14.3 Å². The average Bonchev–Trinajstić information content (AvgIpc) is 2.25. The molecule has 0 rings (SSSR count). The van der Waals surface area contributed by atoms with Gasteiger partial charge in [0.25, 0.3) is 0 Å². The molecule has 0 spiro atoms. The number of hydrogen-bond donors (Lipinski definition) is 2. The standard InChI is InChI=1S/C9H16N2O5/c1-5(8(14)16-4)10-9(15)11(3)6(2)7(12)13/h5-6H,1-4H3,(H,10,15)(H,12,13). The Morgan fingerprint density at radius 1 is 1.31 bits per heavy atom. The fraction of sp³-hybridized carbons (Fsp3) is 0.667.